The van der Waals surface area contributed by atoms with E-state index >= 15 is 0 Å². The fourth-order valence-electron chi connectivity index (χ4n) is 5.47. The van der Waals surface area contributed by atoms with Crippen molar-refractivity contribution in [2.75, 3.05) is 39.5 Å². The highest BCUT2D eigenvalue weighted by molar-refractivity contribution is 5.87. The molecule has 0 bridgehead atoms. The standard InChI is InChI=1S/C44H64N2O10/c1-13-38(47)53-27-36(25-51-34-18-14-32(15-19-34)42(5,6)7)56-41(50)46-29-44(11,12)24-31(4)22-23-45-40(49)55-37(28-54-39(48)30(2)3)26-52-35-20-16-33(17-21-35)43(8,9)10/h13-21,31,36-37H,1-2,22-29H2,3-12H3,(H,45,49)(H,46,50). The largest absolute Gasteiger partial charge is 0.490 e. The van der Waals surface area contributed by atoms with E-state index in [0.717, 1.165) is 23.6 Å². The Morgan fingerprint density at radius 2 is 1.14 bits per heavy atom. The zero-order valence-corrected chi connectivity index (χ0v) is 35.1. The minimum atomic E-state index is -0.863. The monoisotopic (exact) mass is 780 g/mol. The lowest BCUT2D eigenvalue weighted by molar-refractivity contribution is -0.142. The summed E-state index contributed by atoms with van der Waals surface area (Å²) in [6.07, 6.45) is -0.657. The van der Waals surface area contributed by atoms with Crippen LogP contribution in [-0.4, -0.2) is 75.9 Å². The predicted molar refractivity (Wildman–Crippen MR) is 217 cm³/mol. The number of carbonyl (C=O) groups is 4. The zero-order valence-electron chi connectivity index (χ0n) is 35.1. The Hall–Kier alpha value is -5.00. The van der Waals surface area contributed by atoms with Gasteiger partial charge in [-0.1, -0.05) is 99.7 Å². The lowest BCUT2D eigenvalue weighted by Gasteiger charge is -2.29. The van der Waals surface area contributed by atoms with Gasteiger partial charge in [-0.2, -0.15) is 0 Å². The smallest absolute Gasteiger partial charge is 0.407 e. The van der Waals surface area contributed by atoms with Crippen molar-refractivity contribution in [3.63, 3.8) is 0 Å². The molecule has 2 aromatic rings. The number of esters is 2. The molecule has 0 spiro atoms. The second kappa shape index (κ2) is 21.9. The molecule has 3 atom stereocenters. The number of hydrogen-bond donors (Lipinski definition) is 2. The highest BCUT2D eigenvalue weighted by atomic mass is 16.6. The molecule has 0 aromatic heterocycles. The molecule has 2 N–H and O–H groups in total. The van der Waals surface area contributed by atoms with Crippen LogP contribution in [-0.2, 0) is 39.4 Å². The van der Waals surface area contributed by atoms with Crippen LogP contribution in [0.3, 0.4) is 0 Å². The number of benzene rings is 2. The summed E-state index contributed by atoms with van der Waals surface area (Å²) in [4.78, 5) is 49.3. The first-order chi connectivity index (χ1) is 26.1. The van der Waals surface area contributed by atoms with E-state index in [9.17, 15) is 19.2 Å². The minimum absolute atomic E-state index is 0.0103. The van der Waals surface area contributed by atoms with Gasteiger partial charge in [0.1, 0.15) is 37.9 Å². The van der Waals surface area contributed by atoms with Crippen LogP contribution in [0.1, 0.15) is 93.2 Å². The van der Waals surface area contributed by atoms with Gasteiger partial charge in [0.2, 0.25) is 0 Å². The summed E-state index contributed by atoms with van der Waals surface area (Å²) in [7, 11) is 0. The quantitative estimate of drug-likeness (QED) is 0.0722. The Morgan fingerprint density at radius 3 is 1.57 bits per heavy atom. The molecule has 0 aliphatic heterocycles. The van der Waals surface area contributed by atoms with Gasteiger partial charge < -0.3 is 39.1 Å². The van der Waals surface area contributed by atoms with Crippen LogP contribution in [0.15, 0.2) is 73.3 Å². The Balaban J connectivity index is 1.85. The van der Waals surface area contributed by atoms with Crippen molar-refractivity contribution < 1.29 is 47.6 Å². The van der Waals surface area contributed by atoms with Crippen LogP contribution < -0.4 is 20.1 Å². The van der Waals surface area contributed by atoms with Gasteiger partial charge in [0, 0.05) is 24.7 Å². The molecule has 0 aliphatic carbocycles. The van der Waals surface area contributed by atoms with Gasteiger partial charge in [-0.15, -0.1) is 0 Å². The summed E-state index contributed by atoms with van der Waals surface area (Å²) in [5.74, 6) is 0.128. The van der Waals surface area contributed by atoms with Crippen molar-refractivity contribution >= 4 is 24.1 Å². The van der Waals surface area contributed by atoms with Crippen LogP contribution >= 0.6 is 0 Å². The minimum Gasteiger partial charge on any atom is -0.490 e. The molecular weight excluding hydrogens is 716 g/mol. The van der Waals surface area contributed by atoms with Gasteiger partial charge in [-0.25, -0.2) is 19.2 Å². The Kier molecular flexibility index (Phi) is 18.5. The van der Waals surface area contributed by atoms with Gasteiger partial charge in [-0.3, -0.25) is 0 Å². The number of nitrogens with one attached hydrogen (secondary N) is 2. The van der Waals surface area contributed by atoms with Gasteiger partial charge in [0.05, 0.1) is 0 Å². The third kappa shape index (κ3) is 18.6. The number of alkyl carbamates (subject to hydrolysis) is 2. The SMILES string of the molecule is C=CC(=O)OCC(COc1ccc(C(C)(C)C)cc1)OC(=O)NCC(C)(C)CC(C)CCNC(=O)OC(COC(=O)C(=C)C)COc1ccc(C(C)(C)C)cc1. The van der Waals surface area contributed by atoms with Crippen LogP contribution in [0, 0.1) is 11.3 Å². The molecule has 12 heteroatoms. The molecule has 0 saturated heterocycles. The van der Waals surface area contributed by atoms with Gasteiger partial charge in [0.15, 0.2) is 12.2 Å². The molecule has 12 nitrogen and oxygen atoms in total. The van der Waals surface area contributed by atoms with E-state index in [1.54, 1.807) is 0 Å². The fraction of sp³-hybridized carbons (Fsp3) is 0.545. The topological polar surface area (TPSA) is 148 Å². The molecule has 2 aromatic carbocycles. The highest BCUT2D eigenvalue weighted by Crippen LogP contribution is 2.27. The van der Waals surface area contributed by atoms with E-state index < -0.39 is 36.3 Å². The third-order valence-electron chi connectivity index (χ3n) is 8.71. The van der Waals surface area contributed by atoms with Crippen molar-refractivity contribution in [2.45, 2.75) is 105 Å². The van der Waals surface area contributed by atoms with E-state index in [2.05, 4.69) is 72.3 Å². The second-order valence-electron chi connectivity index (χ2n) is 17.0. The first-order valence-electron chi connectivity index (χ1n) is 19.1. The fourth-order valence-corrected chi connectivity index (χ4v) is 5.47. The lowest BCUT2D eigenvalue weighted by atomic mass is 9.82. The highest BCUT2D eigenvalue weighted by Gasteiger charge is 2.25. The van der Waals surface area contributed by atoms with Crippen molar-refractivity contribution in [2.24, 2.45) is 11.3 Å². The Bertz CT molecular complexity index is 1590. The average molecular weight is 781 g/mol. The van der Waals surface area contributed by atoms with E-state index in [4.69, 9.17) is 28.4 Å². The molecule has 0 fully saturated rings. The lowest BCUT2D eigenvalue weighted by Crippen LogP contribution is -2.40. The second-order valence-corrected chi connectivity index (χ2v) is 17.0. The molecule has 310 valence electrons. The molecule has 2 rings (SSSR count). The number of ether oxygens (including phenoxy) is 6. The molecule has 3 unspecified atom stereocenters. The van der Waals surface area contributed by atoms with Gasteiger partial charge in [0.25, 0.3) is 0 Å². The first kappa shape index (κ1) is 47.2. The van der Waals surface area contributed by atoms with Crippen molar-refractivity contribution in [1.82, 2.24) is 10.6 Å². The molecular formula is C44H64N2O10. The molecule has 0 heterocycles. The number of rotatable bonds is 21. The summed E-state index contributed by atoms with van der Waals surface area (Å²) < 4.78 is 33.3. The molecule has 56 heavy (non-hydrogen) atoms. The maximum absolute atomic E-state index is 12.8. The summed E-state index contributed by atoms with van der Waals surface area (Å²) >= 11 is 0. The molecule has 0 aliphatic rings. The van der Waals surface area contributed by atoms with E-state index in [0.29, 0.717) is 31.0 Å². The maximum Gasteiger partial charge on any atom is 0.407 e. The van der Waals surface area contributed by atoms with E-state index in [1.807, 2.05) is 62.4 Å². The first-order valence-corrected chi connectivity index (χ1v) is 19.1. The van der Waals surface area contributed by atoms with Crippen molar-refractivity contribution in [3.8, 4) is 11.5 Å². The molecule has 0 radical (unpaired) electrons. The van der Waals surface area contributed by atoms with Crippen LogP contribution in [0.5, 0.6) is 11.5 Å². The van der Waals surface area contributed by atoms with E-state index in [-0.39, 0.29) is 54.2 Å². The van der Waals surface area contributed by atoms with Crippen LogP contribution in [0.2, 0.25) is 0 Å². The number of carbonyl (C=O) groups excluding carboxylic acids is 4. The Morgan fingerprint density at radius 1 is 0.696 bits per heavy atom. The number of amides is 2. The maximum atomic E-state index is 12.8. The average Bonchev–Trinajstić information content (AvgIpc) is 3.12. The van der Waals surface area contributed by atoms with Crippen molar-refractivity contribution in [3.05, 3.63) is 84.5 Å². The summed E-state index contributed by atoms with van der Waals surface area (Å²) in [5.41, 5.74) is 2.19. The molecule has 2 amide bonds. The third-order valence-corrected chi connectivity index (χ3v) is 8.71. The zero-order chi connectivity index (χ0) is 42.1. The van der Waals surface area contributed by atoms with E-state index in [1.165, 1.54) is 6.92 Å². The summed E-state index contributed by atoms with van der Waals surface area (Å²) in [6.45, 7) is 27.6. The Labute approximate surface area is 333 Å². The summed E-state index contributed by atoms with van der Waals surface area (Å²) in [6, 6.07) is 15.3. The normalized spacial score (nSPS) is 13.2. The molecule has 0 saturated carbocycles. The summed E-state index contributed by atoms with van der Waals surface area (Å²) in [5, 5.41) is 5.59. The van der Waals surface area contributed by atoms with Gasteiger partial charge >= 0.3 is 24.1 Å². The van der Waals surface area contributed by atoms with Crippen LogP contribution in [0.25, 0.3) is 0 Å². The van der Waals surface area contributed by atoms with Crippen molar-refractivity contribution in [1.29, 1.82) is 0 Å². The predicted octanol–water partition coefficient (Wildman–Crippen LogP) is 8.22. The number of hydrogen-bond acceptors (Lipinski definition) is 10. The van der Waals surface area contributed by atoms with Crippen LogP contribution in [0.4, 0.5) is 9.59 Å². The van der Waals surface area contributed by atoms with Gasteiger partial charge in [-0.05, 0) is 77.3 Å².